The number of amides is 8. The predicted molar refractivity (Wildman–Crippen MR) is 240 cm³/mol. The SMILES string of the molecule is CCCC[C@H](NC(=O)CSC)C(=O)N[C@@H](CS)C(=O)N[C@@H](CCCC)C(=O)NCC(=O)N[C@@H](CC(=O)O)C(=O)N[C@@H](CS)C(=O)N[C@@H](Cc1ccccc1)C(=O)N[C@@H](C)C(C)=O. The molecule has 19 nitrogen and oxygen atoms in total. The first kappa shape index (κ1) is 55.2. The number of hydrogen-bond donors (Lipinski definition) is 11. The van der Waals surface area contributed by atoms with Crippen molar-refractivity contribution in [2.45, 2.75) is 121 Å². The number of carboxylic acids is 1. The zero-order chi connectivity index (χ0) is 46.8. The number of hydrogen-bond acceptors (Lipinski definition) is 13. The summed E-state index contributed by atoms with van der Waals surface area (Å²) < 4.78 is 0. The summed E-state index contributed by atoms with van der Waals surface area (Å²) >= 11 is 9.64. The van der Waals surface area contributed by atoms with Crippen LogP contribution in [0.5, 0.6) is 0 Å². The second-order valence-corrected chi connectivity index (χ2v) is 16.0. The van der Waals surface area contributed by atoms with Crippen molar-refractivity contribution in [2.75, 3.05) is 30.1 Å². The van der Waals surface area contributed by atoms with Crippen LogP contribution >= 0.6 is 37.0 Å². The van der Waals surface area contributed by atoms with Crippen LogP contribution in [0.2, 0.25) is 0 Å². The van der Waals surface area contributed by atoms with Crippen LogP contribution in [0.3, 0.4) is 0 Å². The Morgan fingerprint density at radius 1 is 0.613 bits per heavy atom. The molecule has 0 spiro atoms. The highest BCUT2D eigenvalue weighted by atomic mass is 32.2. The Morgan fingerprint density at radius 2 is 1.06 bits per heavy atom. The van der Waals surface area contributed by atoms with Gasteiger partial charge in [-0.1, -0.05) is 69.9 Å². The van der Waals surface area contributed by atoms with E-state index in [9.17, 15) is 53.1 Å². The van der Waals surface area contributed by atoms with Crippen LogP contribution in [-0.4, -0.2) is 136 Å². The van der Waals surface area contributed by atoms with Crippen molar-refractivity contribution in [3.05, 3.63) is 35.9 Å². The Labute approximate surface area is 377 Å². The van der Waals surface area contributed by atoms with Crippen LogP contribution in [0, 0.1) is 0 Å². The molecule has 1 rings (SSSR count). The van der Waals surface area contributed by atoms with Gasteiger partial charge >= 0.3 is 5.97 Å². The van der Waals surface area contributed by atoms with Gasteiger partial charge in [-0.2, -0.15) is 37.0 Å². The van der Waals surface area contributed by atoms with Gasteiger partial charge in [-0.3, -0.25) is 47.9 Å². The van der Waals surface area contributed by atoms with Crippen molar-refractivity contribution < 1.29 is 53.1 Å². The number of benzene rings is 1. The summed E-state index contributed by atoms with van der Waals surface area (Å²) in [5.74, 6) is -8.14. The average Bonchev–Trinajstić information content (AvgIpc) is 3.23. The maximum Gasteiger partial charge on any atom is 0.305 e. The Morgan fingerprint density at radius 3 is 1.55 bits per heavy atom. The summed E-state index contributed by atoms with van der Waals surface area (Å²) in [5.41, 5.74) is 0.678. The van der Waals surface area contributed by atoms with Gasteiger partial charge < -0.3 is 47.6 Å². The van der Waals surface area contributed by atoms with Gasteiger partial charge in [0.05, 0.1) is 24.8 Å². The highest BCUT2D eigenvalue weighted by Crippen LogP contribution is 2.08. The van der Waals surface area contributed by atoms with E-state index < -0.39 is 103 Å². The molecule has 9 N–H and O–H groups in total. The molecule has 0 aliphatic heterocycles. The number of unbranched alkanes of at least 4 members (excludes halogenated alkanes) is 2. The molecule has 7 atom stereocenters. The number of ketones is 1. The number of thiol groups is 2. The fraction of sp³-hybridized carbons (Fsp3) is 0.600. The second kappa shape index (κ2) is 30.3. The Kier molecular flexibility index (Phi) is 26.9. The molecule has 8 amide bonds. The number of aliphatic carboxylic acids is 1. The normalized spacial score (nSPS) is 14.2. The van der Waals surface area contributed by atoms with E-state index in [1.165, 1.54) is 25.6 Å². The molecule has 22 heteroatoms. The zero-order valence-electron chi connectivity index (χ0n) is 35.7. The van der Waals surface area contributed by atoms with E-state index in [2.05, 4.69) is 67.8 Å². The maximum absolute atomic E-state index is 13.4. The molecule has 1 aromatic rings. The Hall–Kier alpha value is -4.83. The first-order chi connectivity index (χ1) is 29.4. The lowest BCUT2D eigenvalue weighted by Crippen LogP contribution is -2.59. The third-order valence-corrected chi connectivity index (χ3v) is 10.5. The van der Waals surface area contributed by atoms with Crippen molar-refractivity contribution in [3.63, 3.8) is 0 Å². The molecule has 0 saturated carbocycles. The van der Waals surface area contributed by atoms with Crippen molar-refractivity contribution in [1.29, 1.82) is 0 Å². The maximum atomic E-state index is 13.4. The van der Waals surface area contributed by atoms with Gasteiger partial charge in [0, 0.05) is 17.9 Å². The van der Waals surface area contributed by atoms with Crippen molar-refractivity contribution in [1.82, 2.24) is 42.5 Å². The van der Waals surface area contributed by atoms with Gasteiger partial charge in [0.2, 0.25) is 47.3 Å². The van der Waals surface area contributed by atoms with E-state index in [1.807, 2.05) is 13.8 Å². The van der Waals surface area contributed by atoms with Crippen molar-refractivity contribution in [3.8, 4) is 0 Å². The molecule has 0 unspecified atom stereocenters. The molecule has 0 heterocycles. The van der Waals surface area contributed by atoms with Crippen LogP contribution in [0.4, 0.5) is 0 Å². The molecule has 1 aromatic carbocycles. The Balaban J connectivity index is 3.04. The number of thioether (sulfide) groups is 1. The van der Waals surface area contributed by atoms with Gasteiger partial charge in [0.25, 0.3) is 0 Å². The number of carbonyl (C=O) groups excluding carboxylic acids is 9. The topological polar surface area (TPSA) is 287 Å². The summed E-state index contributed by atoms with van der Waals surface area (Å²) in [5, 5.41) is 29.4. The number of nitrogens with one attached hydrogen (secondary N) is 8. The fourth-order valence-electron chi connectivity index (χ4n) is 5.59. The van der Waals surface area contributed by atoms with E-state index in [-0.39, 0.29) is 41.8 Å². The van der Waals surface area contributed by atoms with Crippen LogP contribution in [0.25, 0.3) is 0 Å². The van der Waals surface area contributed by atoms with Crippen molar-refractivity contribution >= 4 is 96.0 Å². The number of carboxylic acid groups (broad SMARTS) is 1. The molecular weight excluding hydrogens is 865 g/mol. The van der Waals surface area contributed by atoms with Crippen LogP contribution < -0.4 is 42.5 Å². The van der Waals surface area contributed by atoms with Crippen molar-refractivity contribution in [2.24, 2.45) is 0 Å². The largest absolute Gasteiger partial charge is 0.481 e. The molecule has 0 bridgehead atoms. The van der Waals surface area contributed by atoms with E-state index in [0.29, 0.717) is 31.2 Å². The Bertz CT molecular complexity index is 1690. The van der Waals surface area contributed by atoms with Crippen LogP contribution in [0.15, 0.2) is 30.3 Å². The molecule has 0 aromatic heterocycles. The summed E-state index contributed by atoms with van der Waals surface area (Å²) in [6.07, 6.45) is 3.86. The summed E-state index contributed by atoms with van der Waals surface area (Å²) in [7, 11) is 0. The summed E-state index contributed by atoms with van der Waals surface area (Å²) in [6.45, 7) is 5.82. The predicted octanol–water partition coefficient (Wildman–Crippen LogP) is -0.574. The molecule has 346 valence electrons. The monoisotopic (exact) mass is 926 g/mol. The van der Waals surface area contributed by atoms with Gasteiger partial charge in [-0.25, -0.2) is 0 Å². The van der Waals surface area contributed by atoms with E-state index in [4.69, 9.17) is 0 Å². The molecule has 0 fully saturated rings. The molecule has 62 heavy (non-hydrogen) atoms. The lowest BCUT2D eigenvalue weighted by Gasteiger charge is -2.25. The van der Waals surface area contributed by atoms with E-state index in [0.717, 1.165) is 6.42 Å². The fourth-order valence-corrected chi connectivity index (χ4v) is 6.45. The van der Waals surface area contributed by atoms with Crippen LogP contribution in [0.1, 0.15) is 78.2 Å². The smallest absolute Gasteiger partial charge is 0.305 e. The highest BCUT2D eigenvalue weighted by Gasteiger charge is 2.32. The minimum atomic E-state index is -1.73. The van der Waals surface area contributed by atoms with E-state index >= 15 is 0 Å². The quantitative estimate of drug-likeness (QED) is 0.0433. The van der Waals surface area contributed by atoms with Gasteiger partial charge in [-0.15, -0.1) is 0 Å². The summed E-state index contributed by atoms with van der Waals surface area (Å²) in [4.78, 5) is 128. The number of carbonyl (C=O) groups is 10. The average molecular weight is 927 g/mol. The van der Waals surface area contributed by atoms with Crippen LogP contribution in [-0.2, 0) is 54.4 Å². The summed E-state index contributed by atoms with van der Waals surface area (Å²) in [6, 6.07) is 0.256. The minimum absolute atomic E-state index is 0.0219. The second-order valence-electron chi connectivity index (χ2n) is 14.4. The molecule has 0 saturated heterocycles. The molecular formula is C40H62N8O11S3. The highest BCUT2D eigenvalue weighted by molar-refractivity contribution is 7.99. The van der Waals surface area contributed by atoms with E-state index in [1.54, 1.807) is 36.6 Å². The third-order valence-electron chi connectivity index (χ3n) is 9.22. The molecule has 0 radical (unpaired) electrons. The number of Topliss-reactive ketones (excluding diaryl/α,β-unsaturated/α-hetero) is 1. The first-order valence-electron chi connectivity index (χ1n) is 20.3. The standard InChI is InChI=1S/C40H62N8O11S3/c1-6-8-15-26(45-39(58)30(20-60)47-36(55)27(16-9-7-2)43-33(51)22-62-5)35(54)41-19-32(50)44-29(18-34(52)53)38(57)48-31(21-61)40(59)46-28(17-25-13-11-10-12-14-25)37(56)42-23(3)24(4)49/h10-14,23,26-31,60-61H,6-9,15-22H2,1-5H3,(H,41,54)(H,42,56)(H,43,51)(H,44,50)(H,45,58)(H,46,59)(H,47,55)(H,48,57)(H,52,53)/t23-,26-,27-,28-,29-,30-,31-/m0/s1. The molecule has 0 aliphatic carbocycles. The lowest BCUT2D eigenvalue weighted by molar-refractivity contribution is -0.141. The zero-order valence-corrected chi connectivity index (χ0v) is 38.4. The first-order valence-corrected chi connectivity index (χ1v) is 22.9. The molecule has 0 aliphatic rings. The van der Waals surface area contributed by atoms with Gasteiger partial charge in [0.15, 0.2) is 5.78 Å². The number of rotatable bonds is 30. The van der Waals surface area contributed by atoms with Gasteiger partial charge in [0.1, 0.15) is 36.3 Å². The minimum Gasteiger partial charge on any atom is -0.481 e. The lowest BCUT2D eigenvalue weighted by atomic mass is 10.0. The third kappa shape index (κ3) is 21.3. The van der Waals surface area contributed by atoms with Gasteiger partial charge in [-0.05, 0) is 38.5 Å².